The zero-order valence-electron chi connectivity index (χ0n) is 9.91. The highest BCUT2D eigenvalue weighted by Gasteiger charge is 2.08. The second kappa shape index (κ2) is 5.17. The van der Waals surface area contributed by atoms with Gasteiger partial charge in [-0.05, 0) is 24.3 Å². The molecule has 6 nitrogen and oxygen atoms in total. The monoisotopic (exact) mass is 273 g/mol. The first-order valence-electron chi connectivity index (χ1n) is 5.63. The molecule has 0 atom stereocenters. The zero-order chi connectivity index (χ0) is 13.1. The minimum absolute atomic E-state index is 0.310. The predicted octanol–water partition coefficient (Wildman–Crippen LogP) is 1.95. The third-order valence-electron chi connectivity index (χ3n) is 2.66. The van der Waals surface area contributed by atoms with Crippen molar-refractivity contribution in [3.63, 3.8) is 0 Å². The second-order valence-electron chi connectivity index (χ2n) is 3.81. The highest BCUT2D eigenvalue weighted by Crippen LogP contribution is 2.25. The Kier molecular flexibility index (Phi) is 3.21. The first kappa shape index (κ1) is 11.8. The van der Waals surface area contributed by atoms with E-state index in [1.807, 2.05) is 30.3 Å². The van der Waals surface area contributed by atoms with Crippen molar-refractivity contribution in [1.82, 2.24) is 14.6 Å². The molecule has 0 saturated carbocycles. The van der Waals surface area contributed by atoms with Crippen LogP contribution in [0.3, 0.4) is 0 Å². The standard InChI is InChI=1S/C12H11N5OS/c13-15-12-10(16-17-19-12)7-18-11-5-1-4-9-8(11)3-2-6-14-9/h1-6,15H,7,13H2. The number of fused-ring (bicyclic) bond motifs is 1. The van der Waals surface area contributed by atoms with Gasteiger partial charge in [-0.3, -0.25) is 4.98 Å². The van der Waals surface area contributed by atoms with Crippen molar-refractivity contribution in [1.29, 1.82) is 0 Å². The molecule has 2 aromatic heterocycles. The molecule has 0 bridgehead atoms. The molecule has 3 aromatic rings. The second-order valence-corrected chi connectivity index (χ2v) is 4.56. The first-order chi connectivity index (χ1) is 9.38. The lowest BCUT2D eigenvalue weighted by molar-refractivity contribution is 0.305. The molecule has 3 rings (SSSR count). The number of nitrogens with two attached hydrogens (primary N) is 1. The van der Waals surface area contributed by atoms with E-state index in [1.165, 1.54) is 11.5 Å². The number of hydrogen-bond acceptors (Lipinski definition) is 7. The number of benzene rings is 1. The molecule has 0 saturated heterocycles. The first-order valence-corrected chi connectivity index (χ1v) is 6.40. The molecule has 0 aliphatic heterocycles. The van der Waals surface area contributed by atoms with Crippen LogP contribution >= 0.6 is 11.5 Å². The van der Waals surface area contributed by atoms with E-state index in [1.54, 1.807) is 6.20 Å². The Morgan fingerprint density at radius 1 is 1.26 bits per heavy atom. The zero-order valence-corrected chi connectivity index (χ0v) is 10.7. The molecule has 96 valence electrons. The van der Waals surface area contributed by atoms with E-state index < -0.39 is 0 Å². The van der Waals surface area contributed by atoms with Crippen LogP contribution in [-0.4, -0.2) is 14.6 Å². The number of nitrogens with zero attached hydrogens (tertiary/aromatic N) is 3. The summed E-state index contributed by atoms with van der Waals surface area (Å²) >= 11 is 1.20. The molecule has 0 aliphatic carbocycles. The molecule has 0 unspecified atom stereocenters. The average Bonchev–Trinajstić information content (AvgIpc) is 2.92. The van der Waals surface area contributed by atoms with Gasteiger partial charge in [0.05, 0.1) is 5.52 Å². The number of pyridine rings is 1. The quantitative estimate of drug-likeness (QED) is 0.558. The third kappa shape index (κ3) is 2.33. The fourth-order valence-electron chi connectivity index (χ4n) is 1.76. The fraction of sp³-hybridized carbons (Fsp3) is 0.0833. The molecular formula is C12H11N5OS. The average molecular weight is 273 g/mol. The fourth-order valence-corrected chi connectivity index (χ4v) is 2.24. The summed E-state index contributed by atoms with van der Waals surface area (Å²) in [6, 6.07) is 9.61. The van der Waals surface area contributed by atoms with E-state index >= 15 is 0 Å². The van der Waals surface area contributed by atoms with Gasteiger partial charge in [-0.25, -0.2) is 5.84 Å². The molecule has 0 radical (unpaired) electrons. The third-order valence-corrected chi connectivity index (χ3v) is 3.36. The van der Waals surface area contributed by atoms with Crippen LogP contribution < -0.4 is 16.0 Å². The van der Waals surface area contributed by atoms with Gasteiger partial charge >= 0.3 is 0 Å². The summed E-state index contributed by atoms with van der Waals surface area (Å²) in [5.74, 6) is 6.13. The number of aromatic nitrogens is 3. The number of nitrogen functional groups attached to an aromatic ring is 1. The van der Waals surface area contributed by atoms with Gasteiger partial charge in [0.1, 0.15) is 18.1 Å². The van der Waals surface area contributed by atoms with Gasteiger partial charge in [-0.2, -0.15) is 0 Å². The SMILES string of the molecule is NNc1snnc1COc1cccc2ncccc12. The number of ether oxygens (including phenoxy) is 1. The summed E-state index contributed by atoms with van der Waals surface area (Å²) in [7, 11) is 0. The van der Waals surface area contributed by atoms with Crippen LogP contribution in [0, 0.1) is 0 Å². The van der Waals surface area contributed by atoms with Gasteiger partial charge in [-0.1, -0.05) is 10.6 Å². The van der Waals surface area contributed by atoms with Gasteiger partial charge in [0.15, 0.2) is 5.00 Å². The highest BCUT2D eigenvalue weighted by molar-refractivity contribution is 7.10. The Morgan fingerprint density at radius 3 is 3.11 bits per heavy atom. The van der Waals surface area contributed by atoms with Crippen LogP contribution in [0.15, 0.2) is 36.5 Å². The van der Waals surface area contributed by atoms with Crippen molar-refractivity contribution < 1.29 is 4.74 Å². The number of anilines is 1. The molecule has 7 heteroatoms. The van der Waals surface area contributed by atoms with Crippen LogP contribution in [0.2, 0.25) is 0 Å². The van der Waals surface area contributed by atoms with Crippen molar-refractivity contribution in [3.05, 3.63) is 42.2 Å². The maximum absolute atomic E-state index is 5.77. The van der Waals surface area contributed by atoms with Gasteiger partial charge in [0.2, 0.25) is 0 Å². The van der Waals surface area contributed by atoms with Crippen molar-refractivity contribution in [2.24, 2.45) is 5.84 Å². The van der Waals surface area contributed by atoms with Crippen LogP contribution in [0.25, 0.3) is 10.9 Å². The lowest BCUT2D eigenvalue weighted by Gasteiger charge is -2.08. The minimum atomic E-state index is 0.310. The Balaban J connectivity index is 1.86. The topological polar surface area (TPSA) is 86.0 Å². The summed E-state index contributed by atoms with van der Waals surface area (Å²) in [5.41, 5.74) is 4.14. The van der Waals surface area contributed by atoms with Gasteiger partial charge < -0.3 is 10.2 Å². The number of hydrazine groups is 1. The molecule has 2 heterocycles. The summed E-state index contributed by atoms with van der Waals surface area (Å²) in [5, 5.41) is 5.64. The molecule has 0 spiro atoms. The van der Waals surface area contributed by atoms with E-state index in [-0.39, 0.29) is 0 Å². The normalized spacial score (nSPS) is 10.6. The van der Waals surface area contributed by atoms with E-state index in [2.05, 4.69) is 20.0 Å². The van der Waals surface area contributed by atoms with Crippen molar-refractivity contribution in [2.45, 2.75) is 6.61 Å². The number of hydrogen-bond donors (Lipinski definition) is 2. The van der Waals surface area contributed by atoms with E-state index in [0.29, 0.717) is 17.3 Å². The molecule has 19 heavy (non-hydrogen) atoms. The molecule has 0 fully saturated rings. The molecule has 0 amide bonds. The van der Waals surface area contributed by atoms with E-state index in [0.717, 1.165) is 16.7 Å². The number of rotatable bonds is 4. The van der Waals surface area contributed by atoms with Gasteiger partial charge in [-0.15, -0.1) is 5.10 Å². The smallest absolute Gasteiger partial charge is 0.150 e. The molecule has 3 N–H and O–H groups in total. The molecule has 0 aliphatic rings. The van der Waals surface area contributed by atoms with Crippen LogP contribution in [-0.2, 0) is 6.61 Å². The summed E-state index contributed by atoms with van der Waals surface area (Å²) in [6.07, 6.45) is 1.76. The lowest BCUT2D eigenvalue weighted by Crippen LogP contribution is -2.08. The van der Waals surface area contributed by atoms with Crippen LogP contribution in [0.1, 0.15) is 5.69 Å². The summed E-state index contributed by atoms with van der Waals surface area (Å²) in [6.45, 7) is 0.310. The molecule has 1 aromatic carbocycles. The van der Waals surface area contributed by atoms with E-state index in [9.17, 15) is 0 Å². The van der Waals surface area contributed by atoms with Crippen molar-refractivity contribution >= 4 is 27.4 Å². The Morgan fingerprint density at radius 2 is 2.21 bits per heavy atom. The van der Waals surface area contributed by atoms with Crippen molar-refractivity contribution in [2.75, 3.05) is 5.43 Å². The lowest BCUT2D eigenvalue weighted by atomic mass is 10.2. The van der Waals surface area contributed by atoms with Gasteiger partial charge in [0.25, 0.3) is 0 Å². The van der Waals surface area contributed by atoms with Crippen LogP contribution in [0.5, 0.6) is 5.75 Å². The summed E-state index contributed by atoms with van der Waals surface area (Å²) in [4.78, 5) is 4.28. The van der Waals surface area contributed by atoms with Crippen LogP contribution in [0.4, 0.5) is 5.00 Å². The maximum atomic E-state index is 5.77. The Bertz CT molecular complexity index is 694. The summed E-state index contributed by atoms with van der Waals surface area (Å²) < 4.78 is 9.60. The largest absolute Gasteiger partial charge is 0.486 e. The van der Waals surface area contributed by atoms with Crippen molar-refractivity contribution in [3.8, 4) is 5.75 Å². The number of nitrogens with one attached hydrogen (secondary N) is 1. The molecular weight excluding hydrogens is 262 g/mol. The predicted molar refractivity (Wildman–Crippen MR) is 73.8 cm³/mol. The minimum Gasteiger partial charge on any atom is -0.486 e. The Hall–Kier alpha value is -2.25. The Labute approximate surface area is 113 Å². The maximum Gasteiger partial charge on any atom is 0.150 e. The highest BCUT2D eigenvalue weighted by atomic mass is 32.1. The van der Waals surface area contributed by atoms with E-state index in [4.69, 9.17) is 10.6 Å². The van der Waals surface area contributed by atoms with Gasteiger partial charge in [0, 0.05) is 23.1 Å².